The van der Waals surface area contributed by atoms with E-state index in [-0.39, 0.29) is 11.3 Å². The molecule has 1 saturated heterocycles. The summed E-state index contributed by atoms with van der Waals surface area (Å²) in [5.74, 6) is 3.16. The van der Waals surface area contributed by atoms with Crippen LogP contribution in [0.15, 0.2) is 0 Å². The Morgan fingerprint density at radius 3 is 2.61 bits per heavy atom. The van der Waals surface area contributed by atoms with Gasteiger partial charge in [-0.05, 0) is 87.0 Å². The Labute approximate surface area is 174 Å². The van der Waals surface area contributed by atoms with Gasteiger partial charge in [0.15, 0.2) is 0 Å². The van der Waals surface area contributed by atoms with E-state index in [2.05, 4.69) is 30.9 Å². The molecule has 0 aromatic heterocycles. The number of aldehydes is 1. The van der Waals surface area contributed by atoms with Crippen LogP contribution >= 0.6 is 11.8 Å². The summed E-state index contributed by atoms with van der Waals surface area (Å²) in [6.07, 6.45) is 11.7. The van der Waals surface area contributed by atoms with Crippen LogP contribution in [0.1, 0.15) is 71.6 Å². The molecule has 4 saturated carbocycles. The molecular weight excluding hydrogens is 366 g/mol. The van der Waals surface area contributed by atoms with Crippen molar-refractivity contribution in [1.29, 1.82) is 0 Å². The summed E-state index contributed by atoms with van der Waals surface area (Å²) >= 11 is 2.22. The standard InChI is InChI=1S/C24H37NO2S/c1-23-8-5-16(28-17-7-10-25-13-17)12-21(23)15(14-26)11-18-19-3-4-22(27)24(19,2)9-6-20(18)23/h14-21,25H,3-13H2,1-2H3/t15?,16-,17?,18+,19+,20+,21?,23-,24+/m1/s1. The topological polar surface area (TPSA) is 46.2 Å². The maximum atomic E-state index is 12.6. The molecule has 0 aromatic rings. The smallest absolute Gasteiger partial charge is 0.139 e. The largest absolute Gasteiger partial charge is 0.316 e. The third-order valence-electron chi connectivity index (χ3n) is 10.00. The molecule has 4 aliphatic carbocycles. The van der Waals surface area contributed by atoms with Crippen LogP contribution in [-0.2, 0) is 9.59 Å². The third kappa shape index (κ3) is 2.87. The van der Waals surface area contributed by atoms with Crippen LogP contribution in [0.4, 0.5) is 0 Å². The fourth-order valence-corrected chi connectivity index (χ4v) is 10.0. The van der Waals surface area contributed by atoms with Crippen molar-refractivity contribution in [1.82, 2.24) is 5.32 Å². The second kappa shape index (κ2) is 7.11. The number of ketones is 1. The average Bonchev–Trinajstić information content (AvgIpc) is 3.30. The minimum absolute atomic E-state index is 0.0830. The number of fused-ring (bicyclic) bond motifs is 5. The molecule has 9 atom stereocenters. The van der Waals surface area contributed by atoms with Crippen molar-refractivity contribution in [2.45, 2.75) is 82.1 Å². The van der Waals surface area contributed by atoms with Gasteiger partial charge in [0.1, 0.15) is 12.1 Å². The number of hydrogen-bond donors (Lipinski definition) is 1. The molecule has 156 valence electrons. The van der Waals surface area contributed by atoms with Crippen molar-refractivity contribution in [3.05, 3.63) is 0 Å². The van der Waals surface area contributed by atoms with Crippen molar-refractivity contribution >= 4 is 23.8 Å². The lowest BCUT2D eigenvalue weighted by Crippen LogP contribution is -2.56. The summed E-state index contributed by atoms with van der Waals surface area (Å²) in [6, 6.07) is 0. The first-order valence-corrected chi connectivity index (χ1v) is 12.7. The minimum atomic E-state index is -0.0830. The Bertz CT molecular complexity index is 647. The molecule has 0 aromatic carbocycles. The van der Waals surface area contributed by atoms with Crippen LogP contribution in [0.5, 0.6) is 0 Å². The molecule has 1 aliphatic heterocycles. The predicted octanol–water partition coefficient (Wildman–Crippen LogP) is 4.49. The average molecular weight is 404 g/mol. The van der Waals surface area contributed by atoms with Crippen molar-refractivity contribution in [2.75, 3.05) is 13.1 Å². The molecule has 3 unspecified atom stereocenters. The Morgan fingerprint density at radius 1 is 1.00 bits per heavy atom. The van der Waals surface area contributed by atoms with Gasteiger partial charge in [-0.3, -0.25) is 4.79 Å². The molecule has 0 spiro atoms. The Balaban J connectivity index is 1.38. The first kappa shape index (κ1) is 19.6. The molecule has 5 fully saturated rings. The molecule has 0 radical (unpaired) electrons. The Hall–Kier alpha value is -0.350. The Morgan fingerprint density at radius 2 is 1.86 bits per heavy atom. The summed E-state index contributed by atoms with van der Waals surface area (Å²) < 4.78 is 0. The van der Waals surface area contributed by atoms with Crippen LogP contribution in [0.25, 0.3) is 0 Å². The van der Waals surface area contributed by atoms with Crippen molar-refractivity contribution < 1.29 is 9.59 Å². The fourth-order valence-electron chi connectivity index (χ4n) is 8.43. The van der Waals surface area contributed by atoms with Gasteiger partial charge in [0.25, 0.3) is 0 Å². The van der Waals surface area contributed by atoms with Gasteiger partial charge in [-0.2, -0.15) is 11.8 Å². The SMILES string of the molecule is C[C@]12CC[C@@H](SC3CCNC3)CC1C(C=O)C[C@@H]1[C@@H]2CC[C@]2(C)C(=O)CC[C@@H]12. The first-order chi connectivity index (χ1) is 13.5. The van der Waals surface area contributed by atoms with Crippen molar-refractivity contribution in [3.8, 4) is 0 Å². The van der Waals surface area contributed by atoms with Crippen molar-refractivity contribution in [2.24, 2.45) is 40.4 Å². The van der Waals surface area contributed by atoms with Crippen LogP contribution in [0, 0.1) is 40.4 Å². The Kier molecular flexibility index (Phi) is 4.98. The van der Waals surface area contributed by atoms with Crippen molar-refractivity contribution in [3.63, 3.8) is 0 Å². The maximum absolute atomic E-state index is 12.6. The summed E-state index contributed by atoms with van der Waals surface area (Å²) in [6.45, 7) is 7.11. The van der Waals surface area contributed by atoms with E-state index in [0.29, 0.717) is 29.0 Å². The summed E-state index contributed by atoms with van der Waals surface area (Å²) in [4.78, 5) is 24.9. The van der Waals surface area contributed by atoms with E-state index in [1.807, 2.05) is 0 Å². The van der Waals surface area contributed by atoms with Gasteiger partial charge in [0.2, 0.25) is 0 Å². The van der Waals surface area contributed by atoms with Crippen LogP contribution in [0.2, 0.25) is 0 Å². The molecule has 4 heteroatoms. The number of rotatable bonds is 3. The number of Topliss-reactive ketones (excluding diaryl/α,β-unsaturated/α-hetero) is 1. The van der Waals surface area contributed by atoms with Gasteiger partial charge in [-0.25, -0.2) is 0 Å². The van der Waals surface area contributed by atoms with Gasteiger partial charge in [-0.15, -0.1) is 0 Å². The van der Waals surface area contributed by atoms with Gasteiger partial charge >= 0.3 is 0 Å². The summed E-state index contributed by atoms with van der Waals surface area (Å²) in [5.41, 5.74) is 0.229. The van der Waals surface area contributed by atoms with E-state index in [1.165, 1.54) is 51.5 Å². The normalized spacial score (nSPS) is 53.4. The number of nitrogens with one attached hydrogen (secondary N) is 1. The lowest BCUT2D eigenvalue weighted by molar-refractivity contribution is -0.149. The number of carbonyl (C=O) groups excluding carboxylic acids is 2. The second-order valence-electron chi connectivity index (χ2n) is 11.1. The molecule has 3 nitrogen and oxygen atoms in total. The molecule has 5 rings (SSSR count). The fraction of sp³-hybridized carbons (Fsp3) is 0.917. The highest BCUT2D eigenvalue weighted by Gasteiger charge is 2.62. The van der Waals surface area contributed by atoms with Crippen LogP contribution < -0.4 is 5.32 Å². The lowest BCUT2D eigenvalue weighted by atomic mass is 9.43. The van der Waals surface area contributed by atoms with Gasteiger partial charge < -0.3 is 10.1 Å². The minimum Gasteiger partial charge on any atom is -0.316 e. The predicted molar refractivity (Wildman–Crippen MR) is 114 cm³/mol. The number of carbonyl (C=O) groups is 2. The highest BCUT2D eigenvalue weighted by Crippen LogP contribution is 2.67. The molecule has 1 N–H and O–H groups in total. The van der Waals surface area contributed by atoms with E-state index < -0.39 is 0 Å². The third-order valence-corrected chi connectivity index (χ3v) is 11.6. The van der Waals surface area contributed by atoms with Crippen LogP contribution in [0.3, 0.4) is 0 Å². The zero-order valence-corrected chi connectivity index (χ0v) is 18.4. The maximum Gasteiger partial charge on any atom is 0.139 e. The lowest BCUT2D eigenvalue weighted by Gasteiger charge is -2.61. The highest BCUT2D eigenvalue weighted by molar-refractivity contribution is 8.00. The summed E-state index contributed by atoms with van der Waals surface area (Å²) in [5, 5.41) is 5.02. The van der Waals surface area contributed by atoms with E-state index in [0.717, 1.165) is 42.1 Å². The van der Waals surface area contributed by atoms with E-state index >= 15 is 0 Å². The molecule has 0 bridgehead atoms. The van der Waals surface area contributed by atoms with E-state index in [1.54, 1.807) is 0 Å². The first-order valence-electron chi connectivity index (χ1n) is 11.8. The van der Waals surface area contributed by atoms with E-state index in [9.17, 15) is 9.59 Å². The zero-order valence-electron chi connectivity index (χ0n) is 17.6. The van der Waals surface area contributed by atoms with Gasteiger partial charge in [-0.1, -0.05) is 13.8 Å². The zero-order chi connectivity index (χ0) is 19.5. The monoisotopic (exact) mass is 403 g/mol. The molecular formula is C24H37NO2S. The second-order valence-corrected chi connectivity index (χ2v) is 12.7. The number of hydrogen-bond acceptors (Lipinski definition) is 4. The molecule has 1 heterocycles. The van der Waals surface area contributed by atoms with Gasteiger partial charge in [0, 0.05) is 34.8 Å². The molecule has 28 heavy (non-hydrogen) atoms. The molecule has 5 aliphatic rings. The number of thioether (sulfide) groups is 1. The van der Waals surface area contributed by atoms with Gasteiger partial charge in [0.05, 0.1) is 0 Å². The molecule has 0 amide bonds. The van der Waals surface area contributed by atoms with E-state index in [4.69, 9.17) is 0 Å². The quantitative estimate of drug-likeness (QED) is 0.706. The van der Waals surface area contributed by atoms with Crippen LogP contribution in [-0.4, -0.2) is 35.7 Å². The summed E-state index contributed by atoms with van der Waals surface area (Å²) in [7, 11) is 0. The highest BCUT2D eigenvalue weighted by atomic mass is 32.2.